The van der Waals surface area contributed by atoms with Gasteiger partial charge in [-0.3, -0.25) is 4.79 Å². The first-order chi connectivity index (χ1) is 7.97. The molecule has 0 aromatic carbocycles. The Labute approximate surface area is 103 Å². The van der Waals surface area contributed by atoms with Crippen molar-refractivity contribution in [3.8, 4) is 0 Å². The average Bonchev–Trinajstić information content (AvgIpc) is 2.25. The van der Waals surface area contributed by atoms with Crippen LogP contribution in [-0.4, -0.2) is 46.3 Å². The fourth-order valence-electron chi connectivity index (χ4n) is 1.83. The third kappa shape index (κ3) is 7.30. The van der Waals surface area contributed by atoms with E-state index >= 15 is 0 Å². The Morgan fingerprint density at radius 2 is 2.12 bits per heavy atom. The van der Waals surface area contributed by atoms with Gasteiger partial charge in [0.15, 0.2) is 0 Å². The van der Waals surface area contributed by atoms with E-state index in [0.717, 1.165) is 19.2 Å². The summed E-state index contributed by atoms with van der Waals surface area (Å²) in [5, 5.41) is 5.99. The topological polar surface area (TPSA) is 87.3 Å². The summed E-state index contributed by atoms with van der Waals surface area (Å²) in [5.74, 6) is -0.0281. The third-order valence-corrected chi connectivity index (χ3v) is 3.38. The number of carbonyl (C=O) groups is 1. The van der Waals surface area contributed by atoms with Crippen LogP contribution in [-0.2, 0) is 14.8 Å². The van der Waals surface area contributed by atoms with Crippen molar-refractivity contribution < 1.29 is 13.2 Å². The van der Waals surface area contributed by atoms with Gasteiger partial charge in [0.1, 0.15) is 0 Å². The number of hydrogen-bond acceptors (Lipinski definition) is 4. The number of nitrogens with one attached hydrogen (secondary N) is 3. The smallest absolute Gasteiger partial charge is 0.221 e. The van der Waals surface area contributed by atoms with Crippen molar-refractivity contribution in [2.24, 2.45) is 0 Å². The highest BCUT2D eigenvalue weighted by Crippen LogP contribution is 2.09. The molecule has 6 nitrogen and oxygen atoms in total. The number of sulfonamides is 1. The van der Waals surface area contributed by atoms with Crippen LogP contribution in [0.4, 0.5) is 0 Å². The third-order valence-electron chi connectivity index (χ3n) is 2.66. The molecule has 0 aliphatic carbocycles. The Balaban J connectivity index is 2.08. The summed E-state index contributed by atoms with van der Waals surface area (Å²) in [5.41, 5.74) is 0. The molecule has 1 aliphatic rings. The molecule has 0 spiro atoms. The number of piperidine rings is 1. The molecule has 0 aromatic heterocycles. The van der Waals surface area contributed by atoms with Crippen molar-refractivity contribution in [1.29, 1.82) is 0 Å². The lowest BCUT2D eigenvalue weighted by molar-refractivity contribution is -0.121. The summed E-state index contributed by atoms with van der Waals surface area (Å²) in [6.07, 6.45) is 4.95. The van der Waals surface area contributed by atoms with E-state index in [1.165, 1.54) is 12.8 Å². The zero-order chi connectivity index (χ0) is 12.7. The van der Waals surface area contributed by atoms with Gasteiger partial charge in [-0.1, -0.05) is 6.42 Å². The fourth-order valence-corrected chi connectivity index (χ4v) is 2.31. The molecule has 0 bridgehead atoms. The van der Waals surface area contributed by atoms with Crippen LogP contribution in [0, 0.1) is 0 Å². The highest BCUT2D eigenvalue weighted by atomic mass is 32.2. The second kappa shape index (κ2) is 6.93. The van der Waals surface area contributed by atoms with Gasteiger partial charge in [0, 0.05) is 25.6 Å². The van der Waals surface area contributed by atoms with Crippen molar-refractivity contribution in [2.75, 3.05) is 25.9 Å². The normalized spacial score (nSPS) is 21.1. The molecule has 1 unspecified atom stereocenters. The largest absolute Gasteiger partial charge is 0.355 e. The fraction of sp³-hybridized carbons (Fsp3) is 0.900. The van der Waals surface area contributed by atoms with Gasteiger partial charge in [0.25, 0.3) is 0 Å². The lowest BCUT2D eigenvalue weighted by Crippen LogP contribution is -2.40. The van der Waals surface area contributed by atoms with Gasteiger partial charge in [-0.05, 0) is 19.4 Å². The standard InChI is InChI=1S/C10H21N3O3S/c1-17(15,16)13-7-6-12-10(14)8-9-4-2-3-5-11-9/h9,11,13H,2-8H2,1H3,(H,12,14). The summed E-state index contributed by atoms with van der Waals surface area (Å²) < 4.78 is 23.8. The molecule has 0 radical (unpaired) electrons. The van der Waals surface area contributed by atoms with Crippen LogP contribution >= 0.6 is 0 Å². The summed E-state index contributed by atoms with van der Waals surface area (Å²) in [4.78, 5) is 11.5. The van der Waals surface area contributed by atoms with Gasteiger partial charge < -0.3 is 10.6 Å². The molecule has 1 fully saturated rings. The molecule has 7 heteroatoms. The minimum atomic E-state index is -3.16. The molecule has 1 saturated heterocycles. The maximum Gasteiger partial charge on any atom is 0.221 e. The Morgan fingerprint density at radius 1 is 1.35 bits per heavy atom. The van der Waals surface area contributed by atoms with Crippen LogP contribution in [0.1, 0.15) is 25.7 Å². The maximum atomic E-state index is 11.5. The van der Waals surface area contributed by atoms with E-state index in [9.17, 15) is 13.2 Å². The van der Waals surface area contributed by atoms with E-state index in [-0.39, 0.29) is 18.5 Å². The summed E-state index contributed by atoms with van der Waals surface area (Å²) in [7, 11) is -3.16. The van der Waals surface area contributed by atoms with Crippen LogP contribution in [0.5, 0.6) is 0 Å². The first-order valence-corrected chi connectivity index (χ1v) is 7.81. The number of rotatable bonds is 6. The van der Waals surface area contributed by atoms with Gasteiger partial charge in [-0.25, -0.2) is 13.1 Å². The summed E-state index contributed by atoms with van der Waals surface area (Å²) in [6.45, 7) is 1.55. The van der Waals surface area contributed by atoms with Crippen molar-refractivity contribution in [3.63, 3.8) is 0 Å². The molecular formula is C10H21N3O3S. The SMILES string of the molecule is CS(=O)(=O)NCCNC(=O)CC1CCCCN1. The Morgan fingerprint density at radius 3 is 2.71 bits per heavy atom. The monoisotopic (exact) mass is 263 g/mol. The zero-order valence-corrected chi connectivity index (χ0v) is 11.0. The number of hydrogen-bond donors (Lipinski definition) is 3. The quantitative estimate of drug-likeness (QED) is 0.547. The Hall–Kier alpha value is -0.660. The van der Waals surface area contributed by atoms with Crippen LogP contribution in [0.2, 0.25) is 0 Å². The number of carbonyl (C=O) groups excluding carboxylic acids is 1. The van der Waals surface area contributed by atoms with Gasteiger partial charge in [0.2, 0.25) is 15.9 Å². The molecule has 17 heavy (non-hydrogen) atoms. The molecular weight excluding hydrogens is 242 g/mol. The van der Waals surface area contributed by atoms with Crippen molar-refractivity contribution in [3.05, 3.63) is 0 Å². The predicted molar refractivity (Wildman–Crippen MR) is 66.1 cm³/mol. The minimum absolute atomic E-state index is 0.0281. The predicted octanol–water partition coefficient (Wildman–Crippen LogP) is -0.816. The Bertz CT molecular complexity index is 337. The number of amides is 1. The second-order valence-corrected chi connectivity index (χ2v) is 6.20. The van der Waals surface area contributed by atoms with Crippen LogP contribution in [0.25, 0.3) is 0 Å². The van der Waals surface area contributed by atoms with Crippen LogP contribution < -0.4 is 15.4 Å². The minimum Gasteiger partial charge on any atom is -0.355 e. The Kier molecular flexibility index (Phi) is 5.87. The highest BCUT2D eigenvalue weighted by Gasteiger charge is 2.15. The van der Waals surface area contributed by atoms with Crippen LogP contribution in [0.3, 0.4) is 0 Å². The average molecular weight is 263 g/mol. The van der Waals surface area contributed by atoms with E-state index in [4.69, 9.17) is 0 Å². The van der Waals surface area contributed by atoms with Crippen LogP contribution in [0.15, 0.2) is 0 Å². The van der Waals surface area contributed by atoms with E-state index in [0.29, 0.717) is 13.0 Å². The highest BCUT2D eigenvalue weighted by molar-refractivity contribution is 7.88. The first kappa shape index (κ1) is 14.4. The molecule has 100 valence electrons. The first-order valence-electron chi connectivity index (χ1n) is 5.92. The summed E-state index contributed by atoms with van der Waals surface area (Å²) in [6, 6.07) is 0.270. The molecule has 1 atom stereocenters. The molecule has 1 heterocycles. The zero-order valence-electron chi connectivity index (χ0n) is 10.2. The molecule has 0 aromatic rings. The van der Waals surface area contributed by atoms with Gasteiger partial charge in [0.05, 0.1) is 6.26 Å². The second-order valence-electron chi connectivity index (χ2n) is 4.37. The lowest BCUT2D eigenvalue weighted by Gasteiger charge is -2.22. The summed E-state index contributed by atoms with van der Waals surface area (Å²) >= 11 is 0. The lowest BCUT2D eigenvalue weighted by atomic mass is 10.0. The van der Waals surface area contributed by atoms with E-state index in [1.807, 2.05) is 0 Å². The van der Waals surface area contributed by atoms with Crippen molar-refractivity contribution >= 4 is 15.9 Å². The van der Waals surface area contributed by atoms with E-state index < -0.39 is 10.0 Å². The van der Waals surface area contributed by atoms with E-state index in [1.54, 1.807) is 0 Å². The van der Waals surface area contributed by atoms with Gasteiger partial charge >= 0.3 is 0 Å². The molecule has 1 amide bonds. The van der Waals surface area contributed by atoms with Crippen molar-refractivity contribution in [2.45, 2.75) is 31.7 Å². The molecule has 3 N–H and O–H groups in total. The van der Waals surface area contributed by atoms with Gasteiger partial charge in [-0.2, -0.15) is 0 Å². The molecule has 0 saturated carbocycles. The van der Waals surface area contributed by atoms with E-state index in [2.05, 4.69) is 15.4 Å². The molecule has 1 aliphatic heterocycles. The van der Waals surface area contributed by atoms with Crippen molar-refractivity contribution in [1.82, 2.24) is 15.4 Å². The van der Waals surface area contributed by atoms with Gasteiger partial charge in [-0.15, -0.1) is 0 Å². The maximum absolute atomic E-state index is 11.5. The molecule has 1 rings (SSSR count).